The van der Waals surface area contributed by atoms with Gasteiger partial charge in [0, 0.05) is 12.7 Å². The number of aryl methyl sites for hydroxylation is 1. The topological polar surface area (TPSA) is 44.1 Å². The third kappa shape index (κ3) is 4.14. The van der Waals surface area contributed by atoms with Crippen molar-refractivity contribution in [1.82, 2.24) is 9.55 Å². The molecule has 0 N–H and O–H groups in total. The zero-order valence-corrected chi connectivity index (χ0v) is 9.56. The molecular formula is C11H18N2O2. The number of imidazole rings is 1. The van der Waals surface area contributed by atoms with E-state index in [0.29, 0.717) is 5.92 Å². The molecule has 1 aromatic rings. The van der Waals surface area contributed by atoms with Crippen LogP contribution in [0.2, 0.25) is 0 Å². The van der Waals surface area contributed by atoms with Crippen molar-refractivity contribution in [2.75, 3.05) is 7.11 Å². The molecule has 0 atom stereocenters. The summed E-state index contributed by atoms with van der Waals surface area (Å²) >= 11 is 0. The molecule has 0 aromatic carbocycles. The minimum Gasteiger partial charge on any atom is -0.469 e. The van der Waals surface area contributed by atoms with Gasteiger partial charge in [-0.05, 0) is 12.3 Å². The zero-order valence-electron chi connectivity index (χ0n) is 9.56. The number of carbonyl (C=O) groups excluding carboxylic acids is 1. The fraction of sp³-hybridized carbons (Fsp3) is 0.636. The van der Waals surface area contributed by atoms with E-state index in [2.05, 4.69) is 23.6 Å². The zero-order chi connectivity index (χ0) is 11.3. The standard InChI is InChI=1S/C11H18N2O2/c1-9(2)4-5-13-7-10(12-8-13)6-11(14)15-3/h7-9H,4-6H2,1-3H3. The van der Waals surface area contributed by atoms with Crippen molar-refractivity contribution in [1.29, 1.82) is 0 Å². The van der Waals surface area contributed by atoms with Crippen LogP contribution < -0.4 is 0 Å². The summed E-state index contributed by atoms with van der Waals surface area (Å²) in [4.78, 5) is 15.1. The summed E-state index contributed by atoms with van der Waals surface area (Å²) in [5.74, 6) is 0.431. The van der Waals surface area contributed by atoms with Gasteiger partial charge in [0.15, 0.2) is 0 Å². The van der Waals surface area contributed by atoms with Crippen LogP contribution in [0.3, 0.4) is 0 Å². The number of aromatic nitrogens is 2. The van der Waals surface area contributed by atoms with Gasteiger partial charge in [-0.1, -0.05) is 13.8 Å². The Morgan fingerprint density at radius 2 is 2.33 bits per heavy atom. The summed E-state index contributed by atoms with van der Waals surface area (Å²) in [7, 11) is 1.39. The van der Waals surface area contributed by atoms with Crippen LogP contribution in [0.5, 0.6) is 0 Å². The van der Waals surface area contributed by atoms with Crippen LogP contribution in [0.4, 0.5) is 0 Å². The predicted molar refractivity (Wildman–Crippen MR) is 57.4 cm³/mol. The molecule has 0 saturated heterocycles. The minimum absolute atomic E-state index is 0.246. The molecule has 0 saturated carbocycles. The van der Waals surface area contributed by atoms with E-state index in [1.807, 2.05) is 10.8 Å². The van der Waals surface area contributed by atoms with Gasteiger partial charge in [0.1, 0.15) is 0 Å². The van der Waals surface area contributed by atoms with E-state index in [9.17, 15) is 4.79 Å². The highest BCUT2D eigenvalue weighted by Crippen LogP contribution is 2.04. The maximum atomic E-state index is 11.0. The van der Waals surface area contributed by atoms with Crippen molar-refractivity contribution >= 4 is 5.97 Å². The third-order valence-electron chi connectivity index (χ3n) is 2.20. The number of esters is 1. The van der Waals surface area contributed by atoms with Crippen molar-refractivity contribution in [3.05, 3.63) is 18.2 Å². The number of ether oxygens (including phenoxy) is 1. The highest BCUT2D eigenvalue weighted by Gasteiger charge is 2.05. The Morgan fingerprint density at radius 3 is 2.93 bits per heavy atom. The first-order chi connectivity index (χ1) is 7.11. The monoisotopic (exact) mass is 210 g/mol. The molecule has 0 radical (unpaired) electrons. The molecule has 0 fully saturated rings. The number of carbonyl (C=O) groups is 1. The van der Waals surface area contributed by atoms with Gasteiger partial charge in [-0.3, -0.25) is 4.79 Å². The normalized spacial score (nSPS) is 10.7. The largest absolute Gasteiger partial charge is 0.469 e. The van der Waals surface area contributed by atoms with E-state index in [-0.39, 0.29) is 12.4 Å². The van der Waals surface area contributed by atoms with E-state index in [0.717, 1.165) is 18.7 Å². The summed E-state index contributed by atoms with van der Waals surface area (Å²) in [6.07, 6.45) is 5.04. The maximum Gasteiger partial charge on any atom is 0.311 e. The Labute approximate surface area is 90.3 Å². The first-order valence-corrected chi connectivity index (χ1v) is 5.19. The Kier molecular flexibility index (Phi) is 4.34. The van der Waals surface area contributed by atoms with E-state index in [4.69, 9.17) is 0 Å². The molecule has 0 amide bonds. The smallest absolute Gasteiger partial charge is 0.311 e. The lowest BCUT2D eigenvalue weighted by Gasteiger charge is -2.04. The Hall–Kier alpha value is -1.32. The molecule has 0 aliphatic rings. The van der Waals surface area contributed by atoms with Crippen molar-refractivity contribution in [2.45, 2.75) is 33.2 Å². The molecule has 15 heavy (non-hydrogen) atoms. The summed E-state index contributed by atoms with van der Waals surface area (Å²) in [5, 5.41) is 0. The first kappa shape index (κ1) is 11.8. The molecule has 0 aliphatic carbocycles. The number of hydrogen-bond acceptors (Lipinski definition) is 3. The SMILES string of the molecule is COC(=O)Cc1cn(CCC(C)C)cn1. The number of hydrogen-bond donors (Lipinski definition) is 0. The lowest BCUT2D eigenvalue weighted by Crippen LogP contribution is -2.04. The number of rotatable bonds is 5. The molecule has 1 rings (SSSR count). The first-order valence-electron chi connectivity index (χ1n) is 5.19. The second-order valence-corrected chi connectivity index (χ2v) is 4.04. The quantitative estimate of drug-likeness (QED) is 0.694. The van der Waals surface area contributed by atoms with Gasteiger partial charge in [0.25, 0.3) is 0 Å². The molecule has 4 heteroatoms. The van der Waals surface area contributed by atoms with Crippen molar-refractivity contribution in [2.24, 2.45) is 5.92 Å². The maximum absolute atomic E-state index is 11.0. The van der Waals surface area contributed by atoms with Crippen molar-refractivity contribution in [3.8, 4) is 0 Å². The van der Waals surface area contributed by atoms with Gasteiger partial charge in [0.05, 0.1) is 25.6 Å². The molecule has 1 heterocycles. The molecule has 4 nitrogen and oxygen atoms in total. The van der Waals surface area contributed by atoms with Crippen molar-refractivity contribution in [3.63, 3.8) is 0 Å². The van der Waals surface area contributed by atoms with Crippen molar-refractivity contribution < 1.29 is 9.53 Å². The average molecular weight is 210 g/mol. The Balaban J connectivity index is 2.45. The Bertz CT molecular complexity index is 318. The van der Waals surface area contributed by atoms with Crippen LogP contribution in [0.1, 0.15) is 26.0 Å². The van der Waals surface area contributed by atoms with Crippen LogP contribution in [0.15, 0.2) is 12.5 Å². The average Bonchev–Trinajstić information content (AvgIpc) is 2.62. The van der Waals surface area contributed by atoms with E-state index >= 15 is 0 Å². The van der Waals surface area contributed by atoms with Crippen LogP contribution in [-0.2, 0) is 22.5 Å². The highest BCUT2D eigenvalue weighted by atomic mass is 16.5. The lowest BCUT2D eigenvalue weighted by molar-refractivity contribution is -0.139. The van der Waals surface area contributed by atoms with E-state index in [1.54, 1.807) is 6.33 Å². The van der Waals surface area contributed by atoms with E-state index < -0.39 is 0 Å². The summed E-state index contributed by atoms with van der Waals surface area (Å²) in [6.45, 7) is 5.32. The highest BCUT2D eigenvalue weighted by molar-refractivity contribution is 5.71. The summed E-state index contributed by atoms with van der Waals surface area (Å²) in [5.41, 5.74) is 0.769. The molecule has 0 spiro atoms. The fourth-order valence-corrected chi connectivity index (χ4v) is 1.25. The lowest BCUT2D eigenvalue weighted by atomic mass is 10.1. The van der Waals surface area contributed by atoms with Crippen LogP contribution in [0, 0.1) is 5.92 Å². The second-order valence-electron chi connectivity index (χ2n) is 4.04. The molecule has 0 unspecified atom stereocenters. The molecule has 1 aromatic heterocycles. The van der Waals surface area contributed by atoms with Gasteiger partial charge in [-0.2, -0.15) is 0 Å². The summed E-state index contributed by atoms with van der Waals surface area (Å²) in [6, 6.07) is 0. The van der Waals surface area contributed by atoms with Crippen LogP contribution >= 0.6 is 0 Å². The number of methoxy groups -OCH3 is 1. The van der Waals surface area contributed by atoms with Gasteiger partial charge in [-0.15, -0.1) is 0 Å². The van der Waals surface area contributed by atoms with Crippen LogP contribution in [-0.4, -0.2) is 22.6 Å². The van der Waals surface area contributed by atoms with Gasteiger partial charge >= 0.3 is 5.97 Å². The number of nitrogens with zero attached hydrogens (tertiary/aromatic N) is 2. The fourth-order valence-electron chi connectivity index (χ4n) is 1.25. The van der Waals surface area contributed by atoms with Gasteiger partial charge < -0.3 is 9.30 Å². The molecule has 0 aliphatic heterocycles. The van der Waals surface area contributed by atoms with E-state index in [1.165, 1.54) is 7.11 Å². The predicted octanol–water partition coefficient (Wildman–Crippen LogP) is 1.64. The second kappa shape index (κ2) is 5.53. The summed E-state index contributed by atoms with van der Waals surface area (Å²) < 4.78 is 6.59. The van der Waals surface area contributed by atoms with Crippen LogP contribution in [0.25, 0.3) is 0 Å². The molecule has 84 valence electrons. The molecule has 0 bridgehead atoms. The molecular weight excluding hydrogens is 192 g/mol. The minimum atomic E-state index is -0.246. The van der Waals surface area contributed by atoms with Gasteiger partial charge in [-0.25, -0.2) is 4.98 Å². The van der Waals surface area contributed by atoms with Gasteiger partial charge in [0.2, 0.25) is 0 Å². The third-order valence-corrected chi connectivity index (χ3v) is 2.20. The Morgan fingerprint density at radius 1 is 1.60 bits per heavy atom.